The van der Waals surface area contributed by atoms with Gasteiger partial charge in [0.1, 0.15) is 17.2 Å². The van der Waals surface area contributed by atoms with Gasteiger partial charge in [-0.1, -0.05) is 18.2 Å². The van der Waals surface area contributed by atoms with E-state index in [-0.39, 0.29) is 13.2 Å². The van der Waals surface area contributed by atoms with Crippen molar-refractivity contribution in [1.82, 2.24) is 0 Å². The molecule has 0 aliphatic carbocycles. The monoisotopic (exact) mass is 482 g/mol. The molecule has 11 heteroatoms. The first-order valence-corrected chi connectivity index (χ1v) is 10.3. The van der Waals surface area contributed by atoms with Crippen molar-refractivity contribution in [2.24, 2.45) is 10.9 Å². The van der Waals surface area contributed by atoms with Crippen molar-refractivity contribution in [3.8, 4) is 0 Å². The molecule has 4 rings (SSSR count). The molecule has 6 nitrogen and oxygen atoms in total. The van der Waals surface area contributed by atoms with Gasteiger partial charge in [0.2, 0.25) is 0 Å². The summed E-state index contributed by atoms with van der Waals surface area (Å²) < 4.78 is 77.0. The van der Waals surface area contributed by atoms with Gasteiger partial charge in [0.15, 0.2) is 17.5 Å². The lowest BCUT2D eigenvalue weighted by Gasteiger charge is -2.41. The van der Waals surface area contributed by atoms with Crippen LogP contribution in [0.5, 0.6) is 0 Å². The van der Waals surface area contributed by atoms with Crippen LogP contribution in [0.1, 0.15) is 35.3 Å². The molecule has 2 aromatic carbocycles. The minimum Gasteiger partial charge on any atom is -0.480 e. The number of benzene rings is 2. The highest BCUT2D eigenvalue weighted by Crippen LogP contribution is 2.42. The molecule has 2 aliphatic rings. The van der Waals surface area contributed by atoms with Gasteiger partial charge in [0, 0.05) is 5.56 Å². The van der Waals surface area contributed by atoms with Crippen LogP contribution >= 0.6 is 0 Å². The van der Waals surface area contributed by atoms with Gasteiger partial charge in [-0.15, -0.1) is 0 Å². The van der Waals surface area contributed by atoms with E-state index in [4.69, 9.17) is 4.74 Å². The van der Waals surface area contributed by atoms with E-state index in [1.54, 1.807) is 13.8 Å². The molecule has 3 atom stereocenters. The van der Waals surface area contributed by atoms with Crippen LogP contribution < -0.4 is 4.90 Å². The number of aliphatic carboxylic acids is 1. The summed E-state index contributed by atoms with van der Waals surface area (Å²) in [4.78, 5) is 30.2. The Labute approximate surface area is 190 Å². The Morgan fingerprint density at radius 2 is 1.74 bits per heavy atom. The Bertz CT molecular complexity index is 1200. The molecule has 0 aromatic heterocycles. The second kappa shape index (κ2) is 8.46. The zero-order chi connectivity index (χ0) is 24.9. The lowest BCUT2D eigenvalue weighted by atomic mass is 9.84. The van der Waals surface area contributed by atoms with Crippen LogP contribution in [0.15, 0.2) is 35.3 Å². The lowest BCUT2D eigenvalue weighted by Crippen LogP contribution is -2.50. The lowest BCUT2D eigenvalue weighted by molar-refractivity contribution is -0.139. The molecule has 0 spiro atoms. The average molecular weight is 482 g/mol. The molecule has 1 fully saturated rings. The number of morpholine rings is 1. The highest BCUT2D eigenvalue weighted by molar-refractivity contribution is 6.32. The highest BCUT2D eigenvalue weighted by atomic mass is 19.4. The number of rotatable bonds is 3. The molecule has 2 aliphatic heterocycles. The van der Waals surface area contributed by atoms with Crippen molar-refractivity contribution < 1.29 is 41.4 Å². The van der Waals surface area contributed by atoms with Crippen molar-refractivity contribution in [2.75, 3.05) is 18.1 Å². The Balaban J connectivity index is 1.99. The summed E-state index contributed by atoms with van der Waals surface area (Å²) in [6.45, 7) is 3.70. The van der Waals surface area contributed by atoms with Crippen molar-refractivity contribution >= 4 is 28.8 Å². The molecule has 2 aromatic rings. The molecule has 0 saturated carbocycles. The molecular weight excluding hydrogens is 463 g/mol. The number of hydrogen-bond donors (Lipinski definition) is 1. The molecule has 1 saturated heterocycles. The number of carboxylic acids is 1. The number of fused-ring (bicyclic) bond motifs is 1. The highest BCUT2D eigenvalue weighted by Gasteiger charge is 2.44. The number of ketones is 1. The molecule has 0 bridgehead atoms. The first kappa shape index (κ1) is 23.8. The van der Waals surface area contributed by atoms with Crippen molar-refractivity contribution in [3.05, 3.63) is 58.7 Å². The van der Waals surface area contributed by atoms with Crippen LogP contribution in [0.3, 0.4) is 0 Å². The third-order valence-corrected chi connectivity index (χ3v) is 5.88. The number of hydrogen-bond acceptors (Lipinski definition) is 5. The third kappa shape index (κ3) is 3.83. The number of halogens is 5. The first-order chi connectivity index (χ1) is 15.9. The van der Waals surface area contributed by atoms with Crippen LogP contribution in [0.4, 0.5) is 33.3 Å². The van der Waals surface area contributed by atoms with E-state index in [2.05, 4.69) is 4.99 Å². The number of nitrogens with zero attached hydrogens (tertiary/aromatic N) is 2. The number of carboxylic acid groups (broad SMARTS) is 1. The Hall–Kier alpha value is -3.34. The summed E-state index contributed by atoms with van der Waals surface area (Å²) in [5.41, 5.74) is -4.51. The summed E-state index contributed by atoms with van der Waals surface area (Å²) >= 11 is 0. The van der Waals surface area contributed by atoms with E-state index < -0.39 is 81.3 Å². The average Bonchev–Trinajstić information content (AvgIpc) is 2.75. The second-order valence-electron chi connectivity index (χ2n) is 8.24. The zero-order valence-electron chi connectivity index (χ0n) is 18.0. The third-order valence-electron chi connectivity index (χ3n) is 5.88. The summed E-state index contributed by atoms with van der Waals surface area (Å²) in [6.07, 6.45) is -4.89. The van der Waals surface area contributed by atoms with E-state index >= 15 is 8.78 Å². The fourth-order valence-corrected chi connectivity index (χ4v) is 4.44. The Morgan fingerprint density at radius 1 is 1.12 bits per heavy atom. The van der Waals surface area contributed by atoms with Crippen LogP contribution in [0.2, 0.25) is 0 Å². The maximum atomic E-state index is 15.7. The SMILES string of the molecule is CC1COCC(C)N1c1c(F)cc2c(c1F)N=C(c1ccccc1C(F)(F)F)C(C(=O)O)C2=O. The molecular formula is C23H19F5N2O4. The Morgan fingerprint density at radius 3 is 2.32 bits per heavy atom. The van der Waals surface area contributed by atoms with E-state index in [0.717, 1.165) is 12.1 Å². The Kier molecular flexibility index (Phi) is 5.92. The van der Waals surface area contributed by atoms with E-state index in [0.29, 0.717) is 12.1 Å². The van der Waals surface area contributed by atoms with Gasteiger partial charge in [-0.25, -0.2) is 13.8 Å². The predicted molar refractivity (Wildman–Crippen MR) is 112 cm³/mol. The van der Waals surface area contributed by atoms with Gasteiger partial charge in [0.25, 0.3) is 0 Å². The van der Waals surface area contributed by atoms with Gasteiger partial charge in [-0.2, -0.15) is 13.2 Å². The summed E-state index contributed by atoms with van der Waals surface area (Å²) in [7, 11) is 0. The molecule has 0 radical (unpaired) electrons. The quantitative estimate of drug-likeness (QED) is 0.511. The number of Topliss-reactive ketones (excluding diaryl/α,β-unsaturated/α-hetero) is 1. The summed E-state index contributed by atoms with van der Waals surface area (Å²) in [6, 6.07) is 3.77. The smallest absolute Gasteiger partial charge is 0.417 e. The van der Waals surface area contributed by atoms with Gasteiger partial charge >= 0.3 is 12.1 Å². The fraction of sp³-hybridized carbons (Fsp3) is 0.348. The maximum absolute atomic E-state index is 15.7. The standard InChI is InChI=1S/C23H19F5N2O4/c1-10-8-34-9-11(2)30(10)20-15(24)7-13-19(17(20)25)29-18(16(21(13)31)22(32)33)12-5-3-4-6-14(12)23(26,27)28/h3-7,10-11,16H,8-9H2,1-2H3,(H,32,33). The largest absolute Gasteiger partial charge is 0.480 e. The zero-order valence-corrected chi connectivity index (χ0v) is 18.0. The number of alkyl halides is 3. The number of carbonyl (C=O) groups is 2. The predicted octanol–water partition coefficient (Wildman–Crippen LogP) is 4.62. The minimum atomic E-state index is -4.89. The van der Waals surface area contributed by atoms with Gasteiger partial charge in [-0.05, 0) is 26.0 Å². The fourth-order valence-electron chi connectivity index (χ4n) is 4.44. The molecule has 0 amide bonds. The van der Waals surface area contributed by atoms with Crippen molar-refractivity contribution in [3.63, 3.8) is 0 Å². The van der Waals surface area contributed by atoms with E-state index in [9.17, 15) is 27.9 Å². The van der Waals surface area contributed by atoms with Crippen molar-refractivity contribution in [1.29, 1.82) is 0 Å². The minimum absolute atomic E-state index is 0.174. The summed E-state index contributed by atoms with van der Waals surface area (Å²) in [5, 5.41) is 9.63. The summed E-state index contributed by atoms with van der Waals surface area (Å²) in [5.74, 6) is -7.57. The topological polar surface area (TPSA) is 79.2 Å². The van der Waals surface area contributed by atoms with Crippen LogP contribution in [0, 0.1) is 17.6 Å². The van der Waals surface area contributed by atoms with E-state index in [1.165, 1.54) is 11.0 Å². The van der Waals surface area contributed by atoms with Gasteiger partial charge in [-0.3, -0.25) is 9.59 Å². The molecule has 1 N–H and O–H groups in total. The van der Waals surface area contributed by atoms with Crippen LogP contribution in [0.25, 0.3) is 0 Å². The van der Waals surface area contributed by atoms with Gasteiger partial charge < -0.3 is 14.7 Å². The number of aliphatic imine (C=N–C) groups is 1. The second-order valence-corrected chi connectivity index (χ2v) is 8.24. The van der Waals surface area contributed by atoms with Gasteiger partial charge in [0.05, 0.1) is 42.1 Å². The normalized spacial score (nSPS) is 22.9. The maximum Gasteiger partial charge on any atom is 0.417 e. The number of anilines is 1. The van der Waals surface area contributed by atoms with Crippen LogP contribution in [-0.2, 0) is 15.7 Å². The first-order valence-electron chi connectivity index (χ1n) is 10.3. The molecule has 34 heavy (non-hydrogen) atoms. The molecule has 2 heterocycles. The van der Waals surface area contributed by atoms with E-state index in [1.807, 2.05) is 0 Å². The molecule has 180 valence electrons. The van der Waals surface area contributed by atoms with Crippen molar-refractivity contribution in [2.45, 2.75) is 32.1 Å². The number of carbonyl (C=O) groups excluding carboxylic acids is 1. The van der Waals surface area contributed by atoms with Crippen LogP contribution in [-0.4, -0.2) is 47.9 Å². The number of ether oxygens (including phenoxy) is 1. The molecule has 3 unspecified atom stereocenters.